The second-order valence-corrected chi connectivity index (χ2v) is 7.05. The number of nitrogens with two attached hydrogens (primary N) is 1. The summed E-state index contributed by atoms with van der Waals surface area (Å²) in [4.78, 5) is 12.1. The number of nitrogens with one attached hydrogen (secondary N) is 1. The highest BCUT2D eigenvalue weighted by Gasteiger charge is 2.42. The number of rotatable bonds is 6. The van der Waals surface area contributed by atoms with Crippen molar-refractivity contribution in [1.82, 2.24) is 20.2 Å². The number of carbonyl (C=O) groups is 1. The van der Waals surface area contributed by atoms with Crippen LogP contribution >= 0.6 is 11.8 Å². The van der Waals surface area contributed by atoms with Gasteiger partial charge in [-0.2, -0.15) is 5.26 Å². The van der Waals surface area contributed by atoms with Crippen molar-refractivity contribution in [2.75, 3.05) is 11.6 Å². The van der Waals surface area contributed by atoms with Gasteiger partial charge in [-0.3, -0.25) is 4.79 Å². The second kappa shape index (κ2) is 6.72. The summed E-state index contributed by atoms with van der Waals surface area (Å²) in [5, 5.41) is 20.3. The third kappa shape index (κ3) is 3.74. The van der Waals surface area contributed by atoms with Gasteiger partial charge >= 0.3 is 0 Å². The molecule has 1 aromatic heterocycles. The average molecular weight is 360 g/mol. The molecule has 1 fully saturated rings. The lowest BCUT2D eigenvalue weighted by Crippen LogP contribution is -2.47. The molecule has 3 N–H and O–H groups in total. The van der Waals surface area contributed by atoms with Gasteiger partial charge in [0.2, 0.25) is 11.1 Å². The molecule has 1 atom stereocenters. The highest BCUT2D eigenvalue weighted by molar-refractivity contribution is 7.99. The van der Waals surface area contributed by atoms with Crippen molar-refractivity contribution in [2.45, 2.75) is 30.5 Å². The fourth-order valence-corrected chi connectivity index (χ4v) is 3.19. The molecule has 1 amide bonds. The fraction of sp³-hybridized carbons (Fsp3) is 0.375. The molecule has 0 unspecified atom stereocenters. The molecule has 3 rings (SSSR count). The molecule has 0 bridgehead atoms. The first-order chi connectivity index (χ1) is 11.9. The van der Waals surface area contributed by atoms with Gasteiger partial charge in [-0.15, -0.1) is 10.2 Å². The van der Waals surface area contributed by atoms with Crippen LogP contribution in [0.25, 0.3) is 11.4 Å². The Balaban J connectivity index is 1.64. The number of nitrogen functional groups attached to an aromatic ring is 1. The number of carbonyl (C=O) groups excluding carboxylic acids is 1. The fourth-order valence-electron chi connectivity index (χ4n) is 2.54. The lowest BCUT2D eigenvalue weighted by Gasteiger charge is -2.22. The van der Waals surface area contributed by atoms with E-state index in [4.69, 9.17) is 5.84 Å². The van der Waals surface area contributed by atoms with E-state index < -0.39 is 11.4 Å². The number of nitriles is 1. The standard InChI is InChI=1S/C16H17FN6OS/c1-16(9-18,11-5-6-11)20-13(24)8-25-15-22-21-14(23(15)19)10-3-2-4-12(17)7-10/h2-4,7,11H,5-6,8,19H2,1H3,(H,20,24)/t16-/m1/s1. The molecule has 1 aromatic carbocycles. The first-order valence-corrected chi connectivity index (χ1v) is 8.73. The van der Waals surface area contributed by atoms with E-state index >= 15 is 0 Å². The number of halogens is 1. The molecular formula is C16H17FN6OS. The molecule has 25 heavy (non-hydrogen) atoms. The Morgan fingerprint density at radius 3 is 2.96 bits per heavy atom. The largest absolute Gasteiger partial charge is 0.337 e. The van der Waals surface area contributed by atoms with Crippen LogP contribution < -0.4 is 11.2 Å². The Kier molecular flexibility index (Phi) is 4.63. The zero-order valence-corrected chi connectivity index (χ0v) is 14.4. The summed E-state index contributed by atoms with van der Waals surface area (Å²) in [5.74, 6) is 5.86. The molecule has 0 saturated heterocycles. The quantitative estimate of drug-likeness (QED) is 0.599. The third-order valence-corrected chi connectivity index (χ3v) is 5.05. The van der Waals surface area contributed by atoms with Gasteiger partial charge in [0.1, 0.15) is 11.4 Å². The molecule has 1 saturated carbocycles. The Labute approximate surface area is 148 Å². The van der Waals surface area contributed by atoms with Gasteiger partial charge in [0, 0.05) is 5.56 Å². The molecule has 2 aromatic rings. The summed E-state index contributed by atoms with van der Waals surface area (Å²) < 4.78 is 14.5. The number of nitrogens with zero attached hydrogens (tertiary/aromatic N) is 4. The van der Waals surface area contributed by atoms with Crippen LogP contribution in [0.1, 0.15) is 19.8 Å². The summed E-state index contributed by atoms with van der Waals surface area (Å²) in [7, 11) is 0. The van der Waals surface area contributed by atoms with Crippen LogP contribution in [-0.4, -0.2) is 32.1 Å². The molecule has 1 heterocycles. The smallest absolute Gasteiger partial charge is 0.231 e. The normalized spacial score (nSPS) is 16.0. The number of hydrogen-bond acceptors (Lipinski definition) is 6. The van der Waals surface area contributed by atoms with Crippen LogP contribution in [0.3, 0.4) is 0 Å². The highest BCUT2D eigenvalue weighted by atomic mass is 32.2. The number of aromatic nitrogens is 3. The summed E-state index contributed by atoms with van der Waals surface area (Å²) in [6.07, 6.45) is 1.90. The van der Waals surface area contributed by atoms with Crippen LogP contribution in [0.4, 0.5) is 4.39 Å². The molecule has 0 spiro atoms. The van der Waals surface area contributed by atoms with Gasteiger partial charge in [-0.1, -0.05) is 23.9 Å². The van der Waals surface area contributed by atoms with Crippen molar-refractivity contribution in [1.29, 1.82) is 5.26 Å². The highest BCUT2D eigenvalue weighted by Crippen LogP contribution is 2.39. The minimum Gasteiger partial charge on any atom is -0.337 e. The zero-order valence-electron chi connectivity index (χ0n) is 13.6. The lowest BCUT2D eigenvalue weighted by atomic mass is 9.98. The molecule has 9 heteroatoms. The topological polar surface area (TPSA) is 110 Å². The Hall–Kier alpha value is -2.60. The maximum atomic E-state index is 13.3. The van der Waals surface area contributed by atoms with Crippen molar-refractivity contribution < 1.29 is 9.18 Å². The van der Waals surface area contributed by atoms with E-state index in [1.165, 1.54) is 16.8 Å². The molecule has 1 aliphatic rings. The van der Waals surface area contributed by atoms with Crippen molar-refractivity contribution in [3.63, 3.8) is 0 Å². The number of amides is 1. The molecule has 7 nitrogen and oxygen atoms in total. The summed E-state index contributed by atoms with van der Waals surface area (Å²) in [6.45, 7) is 1.74. The Bertz CT molecular complexity index is 843. The molecule has 0 aliphatic heterocycles. The summed E-state index contributed by atoms with van der Waals surface area (Å²) in [6, 6.07) is 8.04. The summed E-state index contributed by atoms with van der Waals surface area (Å²) >= 11 is 1.11. The van der Waals surface area contributed by atoms with Crippen LogP contribution in [0.15, 0.2) is 29.4 Å². The minimum atomic E-state index is -0.833. The van der Waals surface area contributed by atoms with Crippen molar-refractivity contribution in [3.8, 4) is 17.5 Å². The summed E-state index contributed by atoms with van der Waals surface area (Å²) in [5.41, 5.74) is -0.335. The monoisotopic (exact) mass is 360 g/mol. The number of hydrogen-bond donors (Lipinski definition) is 2. The predicted molar refractivity (Wildman–Crippen MR) is 91.2 cm³/mol. The third-order valence-electron chi connectivity index (χ3n) is 4.10. The van der Waals surface area contributed by atoms with Gasteiger partial charge in [-0.05, 0) is 37.8 Å². The first-order valence-electron chi connectivity index (χ1n) is 7.74. The maximum absolute atomic E-state index is 13.3. The molecule has 1 aliphatic carbocycles. The van der Waals surface area contributed by atoms with Crippen LogP contribution in [0, 0.1) is 23.1 Å². The Morgan fingerprint density at radius 2 is 2.32 bits per heavy atom. The van der Waals surface area contributed by atoms with Gasteiger partial charge in [-0.25, -0.2) is 9.07 Å². The molecule has 130 valence electrons. The van der Waals surface area contributed by atoms with E-state index in [1.54, 1.807) is 19.1 Å². The lowest BCUT2D eigenvalue weighted by molar-refractivity contribution is -0.119. The van der Waals surface area contributed by atoms with E-state index in [-0.39, 0.29) is 17.6 Å². The molecular weight excluding hydrogens is 343 g/mol. The van der Waals surface area contributed by atoms with E-state index in [0.29, 0.717) is 16.5 Å². The van der Waals surface area contributed by atoms with Crippen LogP contribution in [0.2, 0.25) is 0 Å². The maximum Gasteiger partial charge on any atom is 0.231 e. The SMILES string of the molecule is C[C@](C#N)(NC(=O)CSc1nnc(-c2cccc(F)c2)n1N)C1CC1. The second-order valence-electron chi connectivity index (χ2n) is 6.11. The van der Waals surface area contributed by atoms with E-state index in [0.717, 1.165) is 24.6 Å². The van der Waals surface area contributed by atoms with Gasteiger partial charge in [0.25, 0.3) is 0 Å². The number of benzene rings is 1. The van der Waals surface area contributed by atoms with Gasteiger partial charge in [0.15, 0.2) is 5.82 Å². The minimum absolute atomic E-state index is 0.0580. The van der Waals surface area contributed by atoms with E-state index in [2.05, 4.69) is 21.6 Å². The van der Waals surface area contributed by atoms with Crippen molar-refractivity contribution in [2.24, 2.45) is 5.92 Å². The molecule has 0 radical (unpaired) electrons. The average Bonchev–Trinajstić information content (AvgIpc) is 3.38. The first kappa shape index (κ1) is 17.2. The number of thioether (sulfide) groups is 1. The van der Waals surface area contributed by atoms with Crippen LogP contribution in [-0.2, 0) is 4.79 Å². The van der Waals surface area contributed by atoms with Crippen molar-refractivity contribution in [3.05, 3.63) is 30.1 Å². The van der Waals surface area contributed by atoms with Crippen molar-refractivity contribution >= 4 is 17.7 Å². The van der Waals surface area contributed by atoms with Crippen LogP contribution in [0.5, 0.6) is 0 Å². The van der Waals surface area contributed by atoms with E-state index in [1.807, 2.05) is 0 Å². The van der Waals surface area contributed by atoms with E-state index in [9.17, 15) is 14.4 Å². The predicted octanol–water partition coefficient (Wildman–Crippen LogP) is 1.70. The van der Waals surface area contributed by atoms with Gasteiger partial charge in [0.05, 0.1) is 11.8 Å². The Morgan fingerprint density at radius 1 is 1.56 bits per heavy atom. The van der Waals surface area contributed by atoms with Gasteiger partial charge < -0.3 is 11.2 Å². The zero-order chi connectivity index (χ0) is 18.0.